The van der Waals surface area contributed by atoms with Crippen LogP contribution >= 0.6 is 0 Å². The van der Waals surface area contributed by atoms with Crippen LogP contribution < -0.4 is 4.57 Å². The molecule has 26 heavy (non-hydrogen) atoms. The molecule has 0 atom stereocenters. The van der Waals surface area contributed by atoms with E-state index < -0.39 is 0 Å². The molecule has 0 radical (unpaired) electrons. The third kappa shape index (κ3) is 1.51. The van der Waals surface area contributed by atoms with Gasteiger partial charge >= 0.3 is 0 Å². The van der Waals surface area contributed by atoms with Crippen molar-refractivity contribution in [3.05, 3.63) is 72.3 Å². The van der Waals surface area contributed by atoms with Crippen LogP contribution in [0, 0.1) is 6.92 Å². The van der Waals surface area contributed by atoms with Gasteiger partial charge in [-0.3, -0.25) is 0 Å². The van der Waals surface area contributed by atoms with Gasteiger partial charge in [0.15, 0.2) is 22.1 Å². The first-order valence-electron chi connectivity index (χ1n) is 8.87. The number of nitrogens with zero attached hydrogens (tertiary/aromatic N) is 2. The summed E-state index contributed by atoms with van der Waals surface area (Å²) in [5, 5.41) is 3.57. The first-order chi connectivity index (χ1) is 12.8. The van der Waals surface area contributed by atoms with Crippen LogP contribution in [0.25, 0.3) is 49.5 Å². The molecule has 0 bridgehead atoms. The Morgan fingerprint density at radius 1 is 0.846 bits per heavy atom. The summed E-state index contributed by atoms with van der Waals surface area (Å²) in [6.07, 6.45) is 0. The first kappa shape index (κ1) is 13.9. The molecule has 0 unspecified atom stereocenters. The topological polar surface area (TPSA) is 21.4 Å². The van der Waals surface area contributed by atoms with Gasteiger partial charge in [0.2, 0.25) is 0 Å². The van der Waals surface area contributed by atoms with Crippen molar-refractivity contribution in [2.24, 2.45) is 7.05 Å². The SMILES string of the molecule is Cc1cccc2c3oc4ccccc4c3n3c4ccccc4[n+](C)c3c12. The number of hydrogen-bond donors (Lipinski definition) is 0. The molecule has 6 aromatic rings. The number of benzene rings is 3. The van der Waals surface area contributed by atoms with Gasteiger partial charge in [0.25, 0.3) is 5.65 Å². The van der Waals surface area contributed by atoms with Crippen LogP contribution in [0.4, 0.5) is 0 Å². The van der Waals surface area contributed by atoms with Crippen LogP contribution in [0.1, 0.15) is 5.56 Å². The summed E-state index contributed by atoms with van der Waals surface area (Å²) in [5.74, 6) is 0. The number of para-hydroxylation sites is 3. The number of aryl methyl sites for hydroxylation is 2. The summed E-state index contributed by atoms with van der Waals surface area (Å²) >= 11 is 0. The highest BCUT2D eigenvalue weighted by molar-refractivity contribution is 6.18. The lowest BCUT2D eigenvalue weighted by Crippen LogP contribution is -2.27. The van der Waals surface area contributed by atoms with Gasteiger partial charge in [-0.1, -0.05) is 42.5 Å². The number of hydrogen-bond acceptors (Lipinski definition) is 1. The third-order valence-corrected chi connectivity index (χ3v) is 5.55. The molecule has 0 spiro atoms. The van der Waals surface area contributed by atoms with Crippen molar-refractivity contribution in [2.45, 2.75) is 6.92 Å². The lowest BCUT2D eigenvalue weighted by atomic mass is 10.1. The van der Waals surface area contributed by atoms with Crippen LogP contribution in [0.3, 0.4) is 0 Å². The van der Waals surface area contributed by atoms with E-state index in [-0.39, 0.29) is 0 Å². The van der Waals surface area contributed by atoms with Crippen molar-refractivity contribution in [3.8, 4) is 0 Å². The van der Waals surface area contributed by atoms with Crippen LogP contribution in [0.15, 0.2) is 71.1 Å². The minimum atomic E-state index is 0.929. The summed E-state index contributed by atoms with van der Waals surface area (Å²) in [5.41, 5.74) is 7.91. The number of furan rings is 1. The molecule has 3 heterocycles. The molecule has 3 nitrogen and oxygen atoms in total. The number of rotatable bonds is 0. The molecule has 0 aliphatic rings. The normalized spacial score (nSPS) is 12.2. The Labute approximate surface area is 149 Å². The maximum absolute atomic E-state index is 6.36. The molecule has 0 aliphatic heterocycles. The second kappa shape index (κ2) is 4.64. The Kier molecular flexibility index (Phi) is 2.48. The minimum absolute atomic E-state index is 0.929. The Morgan fingerprint density at radius 2 is 1.62 bits per heavy atom. The van der Waals surface area contributed by atoms with E-state index in [2.05, 4.69) is 83.6 Å². The molecule has 3 heteroatoms. The van der Waals surface area contributed by atoms with Gasteiger partial charge in [0.1, 0.15) is 5.58 Å². The van der Waals surface area contributed by atoms with Crippen LogP contribution in [-0.2, 0) is 7.05 Å². The highest BCUT2D eigenvalue weighted by Crippen LogP contribution is 2.38. The summed E-state index contributed by atoms with van der Waals surface area (Å²) in [4.78, 5) is 0. The standard InChI is InChI=1S/C23H17N2O/c1-14-8-7-10-16-20(14)23-24(2)17-11-4-5-12-18(17)25(23)21-15-9-3-6-13-19(15)26-22(16)21/h3-13H,1-2H3/q+1. The average Bonchev–Trinajstić information content (AvgIpc) is 3.19. The van der Waals surface area contributed by atoms with Gasteiger partial charge in [-0.05, 0) is 36.8 Å². The molecular formula is C23H17N2O+. The fourth-order valence-electron chi connectivity index (χ4n) is 4.41. The van der Waals surface area contributed by atoms with Gasteiger partial charge in [-0.2, -0.15) is 4.40 Å². The Bertz CT molecular complexity index is 1500. The monoisotopic (exact) mass is 337 g/mol. The highest BCUT2D eigenvalue weighted by Gasteiger charge is 2.27. The zero-order valence-corrected chi connectivity index (χ0v) is 14.7. The van der Waals surface area contributed by atoms with Gasteiger partial charge < -0.3 is 4.42 Å². The van der Waals surface area contributed by atoms with E-state index in [1.165, 1.54) is 33.0 Å². The number of fused-ring (bicyclic) bond motifs is 10. The van der Waals surface area contributed by atoms with Gasteiger partial charge in [-0.25, -0.2) is 4.57 Å². The second-order valence-electron chi connectivity index (χ2n) is 6.98. The zero-order chi connectivity index (χ0) is 17.4. The molecule has 0 saturated heterocycles. The highest BCUT2D eigenvalue weighted by atomic mass is 16.3. The number of pyridine rings is 1. The zero-order valence-electron chi connectivity index (χ0n) is 14.7. The Hall–Kier alpha value is -3.33. The minimum Gasteiger partial charge on any atom is -0.451 e. The summed E-state index contributed by atoms with van der Waals surface area (Å²) in [6.45, 7) is 2.18. The van der Waals surface area contributed by atoms with E-state index in [1.807, 2.05) is 6.07 Å². The van der Waals surface area contributed by atoms with Crippen molar-refractivity contribution in [3.63, 3.8) is 0 Å². The molecule has 0 aliphatic carbocycles. The van der Waals surface area contributed by atoms with Crippen molar-refractivity contribution in [2.75, 3.05) is 0 Å². The molecule has 0 saturated carbocycles. The maximum atomic E-state index is 6.36. The van der Waals surface area contributed by atoms with E-state index in [0.717, 1.165) is 22.1 Å². The lowest BCUT2D eigenvalue weighted by Gasteiger charge is -2.03. The van der Waals surface area contributed by atoms with Crippen molar-refractivity contribution in [1.82, 2.24) is 4.40 Å². The largest absolute Gasteiger partial charge is 0.451 e. The smallest absolute Gasteiger partial charge is 0.296 e. The van der Waals surface area contributed by atoms with E-state index in [0.29, 0.717) is 0 Å². The predicted octanol–water partition coefficient (Wildman–Crippen LogP) is 5.28. The average molecular weight is 337 g/mol. The van der Waals surface area contributed by atoms with E-state index in [4.69, 9.17) is 4.42 Å². The molecule has 0 amide bonds. The molecule has 6 rings (SSSR count). The van der Waals surface area contributed by atoms with Crippen LogP contribution in [0.5, 0.6) is 0 Å². The van der Waals surface area contributed by atoms with Gasteiger partial charge in [0.05, 0.1) is 17.8 Å². The van der Waals surface area contributed by atoms with Crippen molar-refractivity contribution in [1.29, 1.82) is 0 Å². The van der Waals surface area contributed by atoms with Crippen LogP contribution in [-0.4, -0.2) is 4.40 Å². The van der Waals surface area contributed by atoms with Crippen LogP contribution in [0.2, 0.25) is 0 Å². The number of imidazole rings is 1. The summed E-state index contributed by atoms with van der Waals surface area (Å²) in [6, 6.07) is 23.3. The quantitative estimate of drug-likeness (QED) is 0.346. The maximum Gasteiger partial charge on any atom is 0.296 e. The Morgan fingerprint density at radius 3 is 2.54 bits per heavy atom. The molecule has 3 aromatic heterocycles. The summed E-state index contributed by atoms with van der Waals surface area (Å²) in [7, 11) is 2.15. The van der Waals surface area contributed by atoms with Gasteiger partial charge in [-0.15, -0.1) is 0 Å². The molecule has 124 valence electrons. The molecule has 0 N–H and O–H groups in total. The fraction of sp³-hybridized carbons (Fsp3) is 0.0870. The van der Waals surface area contributed by atoms with Gasteiger partial charge in [0, 0.05) is 5.39 Å². The lowest BCUT2D eigenvalue weighted by molar-refractivity contribution is -0.617. The van der Waals surface area contributed by atoms with Crippen molar-refractivity contribution < 1.29 is 8.98 Å². The summed E-state index contributed by atoms with van der Waals surface area (Å²) < 4.78 is 11.0. The molecule has 3 aromatic carbocycles. The second-order valence-corrected chi connectivity index (χ2v) is 6.98. The molecule has 0 fully saturated rings. The number of aromatic nitrogens is 2. The van der Waals surface area contributed by atoms with E-state index in [1.54, 1.807) is 0 Å². The third-order valence-electron chi connectivity index (χ3n) is 5.55. The first-order valence-corrected chi connectivity index (χ1v) is 8.87. The van der Waals surface area contributed by atoms with Crippen molar-refractivity contribution >= 4 is 49.5 Å². The fourth-order valence-corrected chi connectivity index (χ4v) is 4.41. The van der Waals surface area contributed by atoms with E-state index in [9.17, 15) is 0 Å². The van der Waals surface area contributed by atoms with E-state index >= 15 is 0 Å². The molecular weight excluding hydrogens is 320 g/mol. The predicted molar refractivity (Wildman–Crippen MR) is 106 cm³/mol. The Balaban J connectivity index is 2.13.